The molecule has 0 aliphatic carbocycles. The molecule has 1 aromatic rings. The van der Waals surface area contributed by atoms with Crippen LogP contribution in [0.4, 0.5) is 0 Å². The molecule has 0 aromatic carbocycles. The highest BCUT2D eigenvalue weighted by Crippen LogP contribution is 2.27. The zero-order valence-corrected chi connectivity index (χ0v) is 9.82. The molecule has 88 valence electrons. The van der Waals surface area contributed by atoms with Gasteiger partial charge in [0.2, 0.25) is 5.91 Å². The average molecular weight is 222 g/mol. The van der Waals surface area contributed by atoms with Crippen molar-refractivity contribution in [3.63, 3.8) is 0 Å². The fourth-order valence-electron chi connectivity index (χ4n) is 2.19. The van der Waals surface area contributed by atoms with Gasteiger partial charge in [0.25, 0.3) is 0 Å². The van der Waals surface area contributed by atoms with Crippen molar-refractivity contribution in [3.05, 3.63) is 24.2 Å². The summed E-state index contributed by atoms with van der Waals surface area (Å²) in [6.07, 6.45) is 4.23. The standard InChI is InChI=1S/C12H18N2O2/c1-12(4-5-13-9-12)11(15)14(2)7-10-3-6-16-8-10/h3,6,8,13H,4-5,7,9H2,1-2H3. The number of amides is 1. The summed E-state index contributed by atoms with van der Waals surface area (Å²) in [7, 11) is 1.85. The van der Waals surface area contributed by atoms with Crippen LogP contribution in [0, 0.1) is 5.41 Å². The molecule has 1 atom stereocenters. The van der Waals surface area contributed by atoms with E-state index < -0.39 is 0 Å². The van der Waals surface area contributed by atoms with Crippen molar-refractivity contribution in [2.45, 2.75) is 19.9 Å². The van der Waals surface area contributed by atoms with E-state index in [2.05, 4.69) is 5.32 Å². The van der Waals surface area contributed by atoms with Crippen LogP contribution in [0.3, 0.4) is 0 Å². The molecule has 4 heteroatoms. The summed E-state index contributed by atoms with van der Waals surface area (Å²) in [5, 5.41) is 3.24. The minimum Gasteiger partial charge on any atom is -0.472 e. The van der Waals surface area contributed by atoms with Crippen LogP contribution in [-0.2, 0) is 11.3 Å². The van der Waals surface area contributed by atoms with E-state index in [1.165, 1.54) is 0 Å². The molecule has 0 bridgehead atoms. The van der Waals surface area contributed by atoms with Crippen molar-refractivity contribution in [2.75, 3.05) is 20.1 Å². The number of nitrogens with one attached hydrogen (secondary N) is 1. The van der Waals surface area contributed by atoms with Gasteiger partial charge >= 0.3 is 0 Å². The van der Waals surface area contributed by atoms with E-state index in [9.17, 15) is 4.79 Å². The lowest BCUT2D eigenvalue weighted by Gasteiger charge is -2.28. The Balaban J connectivity index is 1.99. The largest absolute Gasteiger partial charge is 0.472 e. The van der Waals surface area contributed by atoms with Crippen molar-refractivity contribution in [1.82, 2.24) is 10.2 Å². The smallest absolute Gasteiger partial charge is 0.229 e. The van der Waals surface area contributed by atoms with Gasteiger partial charge in [0.1, 0.15) is 0 Å². The van der Waals surface area contributed by atoms with Crippen LogP contribution in [-0.4, -0.2) is 30.9 Å². The summed E-state index contributed by atoms with van der Waals surface area (Å²) in [4.78, 5) is 14.0. The molecule has 2 heterocycles. The van der Waals surface area contributed by atoms with Crippen LogP contribution in [0.5, 0.6) is 0 Å². The Hall–Kier alpha value is -1.29. The normalized spacial score (nSPS) is 24.6. The van der Waals surface area contributed by atoms with Crippen molar-refractivity contribution in [1.29, 1.82) is 0 Å². The number of furan rings is 1. The number of carbonyl (C=O) groups is 1. The Morgan fingerprint density at radius 2 is 2.50 bits per heavy atom. The fourth-order valence-corrected chi connectivity index (χ4v) is 2.19. The van der Waals surface area contributed by atoms with Gasteiger partial charge in [-0.15, -0.1) is 0 Å². The summed E-state index contributed by atoms with van der Waals surface area (Å²) in [6, 6.07) is 1.89. The Morgan fingerprint density at radius 1 is 1.69 bits per heavy atom. The van der Waals surface area contributed by atoms with E-state index in [-0.39, 0.29) is 11.3 Å². The van der Waals surface area contributed by atoms with Crippen molar-refractivity contribution < 1.29 is 9.21 Å². The Labute approximate surface area is 95.6 Å². The van der Waals surface area contributed by atoms with Crippen LogP contribution < -0.4 is 5.32 Å². The van der Waals surface area contributed by atoms with Gasteiger partial charge in [-0.05, 0) is 26.0 Å². The van der Waals surface area contributed by atoms with E-state index in [0.717, 1.165) is 25.1 Å². The minimum atomic E-state index is -0.238. The van der Waals surface area contributed by atoms with Crippen LogP contribution in [0.25, 0.3) is 0 Å². The first-order valence-electron chi connectivity index (χ1n) is 5.59. The van der Waals surface area contributed by atoms with Gasteiger partial charge in [0, 0.05) is 25.7 Å². The van der Waals surface area contributed by atoms with E-state index in [1.807, 2.05) is 20.0 Å². The third-order valence-corrected chi connectivity index (χ3v) is 3.23. The van der Waals surface area contributed by atoms with Gasteiger partial charge in [-0.1, -0.05) is 0 Å². The van der Waals surface area contributed by atoms with E-state index in [0.29, 0.717) is 6.54 Å². The van der Waals surface area contributed by atoms with E-state index in [4.69, 9.17) is 4.42 Å². The first-order chi connectivity index (χ1) is 7.62. The molecule has 1 aliphatic heterocycles. The van der Waals surface area contributed by atoms with Crippen LogP contribution in [0.1, 0.15) is 18.9 Å². The molecule has 1 aliphatic rings. The Morgan fingerprint density at radius 3 is 3.06 bits per heavy atom. The fraction of sp³-hybridized carbons (Fsp3) is 0.583. The second-order valence-electron chi connectivity index (χ2n) is 4.78. The Kier molecular flexibility index (Phi) is 3.01. The lowest BCUT2D eigenvalue weighted by atomic mass is 9.88. The number of hydrogen-bond acceptors (Lipinski definition) is 3. The predicted octanol–water partition coefficient (Wildman–Crippen LogP) is 1.24. The highest BCUT2D eigenvalue weighted by molar-refractivity contribution is 5.82. The maximum Gasteiger partial charge on any atom is 0.229 e. The zero-order chi connectivity index (χ0) is 11.6. The first-order valence-corrected chi connectivity index (χ1v) is 5.59. The molecular weight excluding hydrogens is 204 g/mol. The zero-order valence-electron chi connectivity index (χ0n) is 9.82. The molecule has 16 heavy (non-hydrogen) atoms. The van der Waals surface area contributed by atoms with Crippen LogP contribution >= 0.6 is 0 Å². The molecule has 0 spiro atoms. The third-order valence-electron chi connectivity index (χ3n) is 3.23. The van der Waals surface area contributed by atoms with Crippen LogP contribution in [0.2, 0.25) is 0 Å². The number of carbonyl (C=O) groups excluding carboxylic acids is 1. The second-order valence-corrected chi connectivity index (χ2v) is 4.78. The van der Waals surface area contributed by atoms with Crippen molar-refractivity contribution in [2.24, 2.45) is 5.41 Å². The topological polar surface area (TPSA) is 45.5 Å². The number of hydrogen-bond donors (Lipinski definition) is 1. The Bertz CT molecular complexity index is 353. The van der Waals surface area contributed by atoms with Gasteiger partial charge in [-0.25, -0.2) is 0 Å². The van der Waals surface area contributed by atoms with E-state index >= 15 is 0 Å². The lowest BCUT2D eigenvalue weighted by molar-refractivity contribution is -0.139. The number of rotatable bonds is 3. The average Bonchev–Trinajstić information content (AvgIpc) is 2.89. The molecule has 0 saturated carbocycles. The maximum absolute atomic E-state index is 12.2. The molecule has 1 aromatic heterocycles. The molecular formula is C12H18N2O2. The summed E-state index contributed by atoms with van der Waals surface area (Å²) >= 11 is 0. The molecule has 1 saturated heterocycles. The van der Waals surface area contributed by atoms with Gasteiger partial charge in [0.05, 0.1) is 17.9 Å². The molecule has 1 amide bonds. The van der Waals surface area contributed by atoms with E-state index in [1.54, 1.807) is 17.4 Å². The quantitative estimate of drug-likeness (QED) is 0.837. The van der Waals surface area contributed by atoms with Gasteiger partial charge in [-0.3, -0.25) is 4.79 Å². The highest BCUT2D eigenvalue weighted by atomic mass is 16.3. The molecule has 0 radical (unpaired) electrons. The first kappa shape index (κ1) is 11.2. The molecule has 1 fully saturated rings. The monoisotopic (exact) mass is 222 g/mol. The third kappa shape index (κ3) is 2.11. The second kappa shape index (κ2) is 4.29. The predicted molar refractivity (Wildman–Crippen MR) is 60.8 cm³/mol. The van der Waals surface area contributed by atoms with Gasteiger partial charge < -0.3 is 14.6 Å². The maximum atomic E-state index is 12.2. The van der Waals surface area contributed by atoms with Crippen molar-refractivity contribution >= 4 is 5.91 Å². The molecule has 2 rings (SSSR count). The minimum absolute atomic E-state index is 0.207. The van der Waals surface area contributed by atoms with Crippen LogP contribution in [0.15, 0.2) is 23.0 Å². The van der Waals surface area contributed by atoms with Crippen molar-refractivity contribution in [3.8, 4) is 0 Å². The molecule has 1 N–H and O–H groups in total. The van der Waals surface area contributed by atoms with Gasteiger partial charge in [-0.2, -0.15) is 0 Å². The molecule has 1 unspecified atom stereocenters. The summed E-state index contributed by atoms with van der Waals surface area (Å²) in [5.74, 6) is 0.207. The SMILES string of the molecule is CN(Cc1ccoc1)C(=O)C1(C)CCNC1. The summed E-state index contributed by atoms with van der Waals surface area (Å²) in [5.41, 5.74) is 0.795. The highest BCUT2D eigenvalue weighted by Gasteiger charge is 2.38. The van der Waals surface area contributed by atoms with Gasteiger partial charge in [0.15, 0.2) is 0 Å². The lowest BCUT2D eigenvalue weighted by Crippen LogP contribution is -2.41. The summed E-state index contributed by atoms with van der Waals surface area (Å²) in [6.45, 7) is 4.36. The number of nitrogens with zero attached hydrogens (tertiary/aromatic N) is 1. The molecule has 4 nitrogen and oxygen atoms in total. The summed E-state index contributed by atoms with van der Waals surface area (Å²) < 4.78 is 5.00.